The summed E-state index contributed by atoms with van der Waals surface area (Å²) < 4.78 is 4.38. The highest BCUT2D eigenvalue weighted by Crippen LogP contribution is 2.28. The van der Waals surface area contributed by atoms with Crippen LogP contribution in [0.25, 0.3) is 11.2 Å². The topological polar surface area (TPSA) is 94.5 Å². The van der Waals surface area contributed by atoms with E-state index in [0.717, 1.165) is 28.8 Å². The lowest BCUT2D eigenvalue weighted by atomic mass is 9.98. The number of hydrogen-bond acceptors (Lipinski definition) is 5. The first kappa shape index (κ1) is 18.1. The highest BCUT2D eigenvalue weighted by molar-refractivity contribution is 5.71. The van der Waals surface area contributed by atoms with E-state index in [9.17, 15) is 14.5 Å². The molecule has 0 aromatic carbocycles. The van der Waals surface area contributed by atoms with Crippen molar-refractivity contribution in [3.05, 3.63) is 43.2 Å². The minimum absolute atomic E-state index is 0.0146. The molecule has 1 unspecified atom stereocenters. The van der Waals surface area contributed by atoms with Gasteiger partial charge in [-0.2, -0.15) is 0 Å². The minimum atomic E-state index is -0.402. The summed E-state index contributed by atoms with van der Waals surface area (Å²) in [6.07, 6.45) is 3.71. The van der Waals surface area contributed by atoms with E-state index in [1.165, 1.54) is 16.6 Å². The van der Waals surface area contributed by atoms with Gasteiger partial charge in [-0.1, -0.05) is 11.6 Å². The van der Waals surface area contributed by atoms with E-state index in [4.69, 9.17) is 0 Å². The second-order valence-electron chi connectivity index (χ2n) is 7.07. The highest BCUT2D eigenvalue weighted by Gasteiger charge is 2.28. The molecule has 140 valence electrons. The molecule has 0 bridgehead atoms. The van der Waals surface area contributed by atoms with Crippen molar-refractivity contribution in [2.45, 2.75) is 39.2 Å². The normalized spacial score (nSPS) is 17.5. The summed E-state index contributed by atoms with van der Waals surface area (Å²) in [6, 6.07) is 0. The summed E-state index contributed by atoms with van der Waals surface area (Å²) in [4.78, 5) is 40.6. The summed E-state index contributed by atoms with van der Waals surface area (Å²) >= 11 is 0. The first-order valence-corrected chi connectivity index (χ1v) is 8.72. The van der Waals surface area contributed by atoms with Crippen molar-refractivity contribution >= 4 is 11.2 Å². The fourth-order valence-electron chi connectivity index (χ4n) is 3.48. The predicted octanol–water partition coefficient (Wildman–Crippen LogP) is 1.26. The van der Waals surface area contributed by atoms with E-state index in [1.54, 1.807) is 7.05 Å². The third-order valence-electron chi connectivity index (χ3n) is 4.94. The van der Waals surface area contributed by atoms with E-state index in [0.29, 0.717) is 30.8 Å². The van der Waals surface area contributed by atoms with Gasteiger partial charge in [0.2, 0.25) is 0 Å². The van der Waals surface area contributed by atoms with Crippen LogP contribution in [0.3, 0.4) is 0 Å². The summed E-state index contributed by atoms with van der Waals surface area (Å²) in [6.45, 7) is 5.58. The maximum absolute atomic E-state index is 12.8. The van der Waals surface area contributed by atoms with E-state index in [-0.39, 0.29) is 11.5 Å². The Morgan fingerprint density at radius 2 is 2.00 bits per heavy atom. The Hall–Kier alpha value is -2.71. The maximum atomic E-state index is 12.8. The number of allylic oxidation sites excluding steroid dienone is 2. The van der Waals surface area contributed by atoms with Crippen LogP contribution in [0.15, 0.2) is 26.5 Å². The molecular formula is C17H24N6O3. The highest BCUT2D eigenvalue weighted by atomic mass is 16.3. The van der Waals surface area contributed by atoms with Gasteiger partial charge in [0.05, 0.1) is 5.29 Å². The third-order valence-corrected chi connectivity index (χ3v) is 4.94. The number of aryl methyl sites for hydroxylation is 1. The Morgan fingerprint density at radius 3 is 2.65 bits per heavy atom. The minimum Gasteiger partial charge on any atom is -0.318 e. The number of fused-ring (bicyclic) bond motifs is 1. The summed E-state index contributed by atoms with van der Waals surface area (Å²) in [7, 11) is 3.09. The van der Waals surface area contributed by atoms with Gasteiger partial charge in [-0.15, -0.1) is 4.91 Å². The molecule has 0 N–H and O–H groups in total. The number of rotatable bonds is 4. The zero-order valence-electron chi connectivity index (χ0n) is 15.6. The molecule has 3 heterocycles. The maximum Gasteiger partial charge on any atom is 0.332 e. The van der Waals surface area contributed by atoms with Gasteiger partial charge in [0.25, 0.3) is 5.56 Å². The Morgan fingerprint density at radius 1 is 1.27 bits per heavy atom. The van der Waals surface area contributed by atoms with Crippen LogP contribution < -0.4 is 11.2 Å². The first-order chi connectivity index (χ1) is 12.3. The van der Waals surface area contributed by atoms with Crippen LogP contribution in [0.2, 0.25) is 0 Å². The largest absolute Gasteiger partial charge is 0.332 e. The lowest BCUT2D eigenvalue weighted by Crippen LogP contribution is -2.37. The molecule has 1 aliphatic heterocycles. The second-order valence-corrected chi connectivity index (χ2v) is 7.07. The lowest BCUT2D eigenvalue weighted by Gasteiger charge is -2.28. The van der Waals surface area contributed by atoms with E-state index >= 15 is 0 Å². The van der Waals surface area contributed by atoms with Crippen LogP contribution in [-0.2, 0) is 20.6 Å². The van der Waals surface area contributed by atoms with Gasteiger partial charge in [-0.3, -0.25) is 18.9 Å². The molecule has 1 aliphatic rings. The SMILES string of the molecule is CC(C)=CCn1c(C2CCCN(N=O)C2)nc2c1c(=O)n(C)c(=O)n2C. The molecule has 0 radical (unpaired) electrons. The van der Waals surface area contributed by atoms with Crippen molar-refractivity contribution in [1.29, 1.82) is 0 Å². The Kier molecular flexibility index (Phi) is 4.80. The molecule has 1 atom stereocenters. The molecule has 0 amide bonds. The van der Waals surface area contributed by atoms with Gasteiger partial charge in [-0.25, -0.2) is 9.78 Å². The number of nitrogens with zero attached hydrogens (tertiary/aromatic N) is 6. The van der Waals surface area contributed by atoms with Crippen LogP contribution >= 0.6 is 0 Å². The van der Waals surface area contributed by atoms with Gasteiger partial charge < -0.3 is 4.57 Å². The molecular weight excluding hydrogens is 336 g/mol. The van der Waals surface area contributed by atoms with Gasteiger partial charge in [0, 0.05) is 39.6 Å². The summed E-state index contributed by atoms with van der Waals surface area (Å²) in [5.74, 6) is 0.711. The van der Waals surface area contributed by atoms with E-state index in [1.807, 2.05) is 24.5 Å². The fraction of sp³-hybridized carbons (Fsp3) is 0.588. The van der Waals surface area contributed by atoms with Crippen molar-refractivity contribution < 1.29 is 0 Å². The third kappa shape index (κ3) is 2.97. The quantitative estimate of drug-likeness (QED) is 0.604. The number of hydrogen-bond donors (Lipinski definition) is 0. The van der Waals surface area contributed by atoms with Crippen LogP contribution in [0.5, 0.6) is 0 Å². The lowest BCUT2D eigenvalue weighted by molar-refractivity contribution is 0.208. The van der Waals surface area contributed by atoms with Crippen molar-refractivity contribution in [1.82, 2.24) is 23.7 Å². The Labute approximate surface area is 150 Å². The molecule has 1 saturated heterocycles. The molecule has 1 fully saturated rings. The zero-order valence-corrected chi connectivity index (χ0v) is 15.6. The number of aromatic nitrogens is 4. The number of piperidine rings is 1. The molecule has 9 heteroatoms. The monoisotopic (exact) mass is 360 g/mol. The predicted molar refractivity (Wildman–Crippen MR) is 99.0 cm³/mol. The van der Waals surface area contributed by atoms with Crippen LogP contribution in [0, 0.1) is 4.91 Å². The smallest absolute Gasteiger partial charge is 0.318 e. The van der Waals surface area contributed by atoms with Crippen LogP contribution in [0.1, 0.15) is 38.4 Å². The fourth-order valence-corrected chi connectivity index (χ4v) is 3.48. The van der Waals surface area contributed by atoms with Crippen molar-refractivity contribution in [3.8, 4) is 0 Å². The molecule has 0 aliphatic carbocycles. The van der Waals surface area contributed by atoms with E-state index in [2.05, 4.69) is 10.3 Å². The molecule has 3 rings (SSSR count). The second kappa shape index (κ2) is 6.89. The number of imidazole rings is 1. The van der Waals surface area contributed by atoms with E-state index < -0.39 is 5.69 Å². The first-order valence-electron chi connectivity index (χ1n) is 8.72. The molecule has 0 saturated carbocycles. The number of nitroso groups, excluding NO2 is 1. The Bertz CT molecular complexity index is 993. The van der Waals surface area contributed by atoms with Crippen molar-refractivity contribution in [3.63, 3.8) is 0 Å². The van der Waals surface area contributed by atoms with Crippen LogP contribution in [0.4, 0.5) is 0 Å². The van der Waals surface area contributed by atoms with Crippen molar-refractivity contribution in [2.24, 2.45) is 19.4 Å². The van der Waals surface area contributed by atoms with Gasteiger partial charge in [0.15, 0.2) is 11.2 Å². The standard InChI is InChI=1S/C17H24N6O3/c1-11(2)7-9-23-13-15(20(3)17(25)21(4)16(13)24)18-14(23)12-6-5-8-22(10-12)19-26/h7,12H,5-6,8-10H2,1-4H3. The average Bonchev–Trinajstić information content (AvgIpc) is 3.02. The molecule has 9 nitrogen and oxygen atoms in total. The van der Waals surface area contributed by atoms with Gasteiger partial charge in [0.1, 0.15) is 5.82 Å². The van der Waals surface area contributed by atoms with Gasteiger partial charge >= 0.3 is 5.69 Å². The summed E-state index contributed by atoms with van der Waals surface area (Å²) in [5.41, 5.74) is 1.16. The van der Waals surface area contributed by atoms with Gasteiger partial charge in [-0.05, 0) is 26.7 Å². The molecule has 26 heavy (non-hydrogen) atoms. The Balaban J connectivity index is 2.26. The average molecular weight is 360 g/mol. The zero-order chi connectivity index (χ0) is 19.0. The molecule has 2 aromatic heterocycles. The molecule has 2 aromatic rings. The van der Waals surface area contributed by atoms with Crippen molar-refractivity contribution in [2.75, 3.05) is 13.1 Å². The molecule has 0 spiro atoms. The summed E-state index contributed by atoms with van der Waals surface area (Å²) in [5, 5.41) is 4.55. The van der Waals surface area contributed by atoms with Crippen LogP contribution in [-0.4, -0.2) is 36.8 Å².